The van der Waals surface area contributed by atoms with Crippen molar-refractivity contribution in [2.75, 3.05) is 5.32 Å². The average molecular weight is 248 g/mol. The zero-order valence-corrected chi connectivity index (χ0v) is 10.2. The first-order valence-electron chi connectivity index (χ1n) is 6.59. The van der Waals surface area contributed by atoms with Crippen molar-refractivity contribution >= 4 is 11.5 Å². The van der Waals surface area contributed by atoms with E-state index in [-0.39, 0.29) is 10.6 Å². The Morgan fingerprint density at radius 3 is 2.72 bits per heavy atom. The third kappa shape index (κ3) is 1.26. The highest BCUT2D eigenvalue weighted by Crippen LogP contribution is 2.66. The Kier molecular flexibility index (Phi) is 1.86. The van der Waals surface area contributed by atoms with Crippen LogP contribution in [0.5, 0.6) is 0 Å². The van der Waals surface area contributed by atoms with Crippen LogP contribution in [0.25, 0.3) is 0 Å². The fourth-order valence-electron chi connectivity index (χ4n) is 4.39. The predicted octanol–water partition coefficient (Wildman–Crippen LogP) is 1.78. The van der Waals surface area contributed by atoms with E-state index in [2.05, 4.69) is 10.4 Å². The number of aryl methyl sites for hydroxylation is 1. The molecule has 96 valence electrons. The monoisotopic (exact) mass is 248 g/mol. The van der Waals surface area contributed by atoms with E-state index >= 15 is 0 Å². The first-order chi connectivity index (χ1) is 8.65. The van der Waals surface area contributed by atoms with E-state index in [1.165, 1.54) is 30.1 Å². The quantitative estimate of drug-likeness (QED) is 0.653. The summed E-state index contributed by atoms with van der Waals surface area (Å²) in [6.45, 7) is 0. The van der Waals surface area contributed by atoms with Gasteiger partial charge < -0.3 is 5.32 Å². The van der Waals surface area contributed by atoms with Gasteiger partial charge in [0.25, 0.3) is 0 Å². The van der Waals surface area contributed by atoms with E-state index in [9.17, 15) is 10.1 Å². The third-order valence-corrected chi connectivity index (χ3v) is 5.04. The second kappa shape index (κ2) is 3.24. The van der Waals surface area contributed by atoms with Crippen LogP contribution in [0.15, 0.2) is 6.20 Å². The molecule has 4 atom stereocenters. The van der Waals surface area contributed by atoms with Gasteiger partial charge in [-0.05, 0) is 42.9 Å². The van der Waals surface area contributed by atoms with Gasteiger partial charge >= 0.3 is 5.69 Å². The molecule has 1 aromatic heterocycles. The second-order valence-electron chi connectivity index (χ2n) is 5.95. The van der Waals surface area contributed by atoms with E-state index in [1.807, 2.05) is 0 Å². The summed E-state index contributed by atoms with van der Waals surface area (Å²) < 4.78 is 1.51. The Bertz CT molecular complexity index is 510. The average Bonchev–Trinajstić information content (AvgIpc) is 2.71. The van der Waals surface area contributed by atoms with E-state index in [4.69, 9.17) is 0 Å². The largest absolute Gasteiger partial charge is 0.360 e. The Morgan fingerprint density at radius 1 is 1.44 bits per heavy atom. The maximum atomic E-state index is 10.9. The van der Waals surface area contributed by atoms with Crippen LogP contribution in [0, 0.1) is 33.8 Å². The molecule has 0 saturated heterocycles. The molecule has 3 fully saturated rings. The van der Waals surface area contributed by atoms with Crippen molar-refractivity contribution in [1.29, 1.82) is 0 Å². The summed E-state index contributed by atoms with van der Waals surface area (Å²) in [5.74, 6) is 3.68. The summed E-state index contributed by atoms with van der Waals surface area (Å²) in [6, 6.07) is 0.435. The summed E-state index contributed by atoms with van der Waals surface area (Å²) in [5.41, 5.74) is 0.0924. The van der Waals surface area contributed by atoms with Gasteiger partial charge in [-0.2, -0.15) is 0 Å². The molecule has 3 aliphatic carbocycles. The van der Waals surface area contributed by atoms with Crippen LogP contribution < -0.4 is 5.32 Å². The van der Waals surface area contributed by atoms with Gasteiger partial charge in [-0.25, -0.2) is 0 Å². The fraction of sp³-hybridized carbons (Fsp3) is 0.750. The number of hydrogen-bond acceptors (Lipinski definition) is 4. The number of nitrogens with zero attached hydrogens (tertiary/aromatic N) is 3. The van der Waals surface area contributed by atoms with E-state index < -0.39 is 0 Å². The summed E-state index contributed by atoms with van der Waals surface area (Å²) in [5, 5.41) is 18.4. The number of nitro groups is 1. The van der Waals surface area contributed by atoms with Crippen molar-refractivity contribution in [3.05, 3.63) is 16.3 Å². The van der Waals surface area contributed by atoms with Gasteiger partial charge in [0.15, 0.2) is 0 Å². The third-order valence-electron chi connectivity index (χ3n) is 5.04. The number of nitrogens with one attached hydrogen (secondary N) is 1. The molecule has 0 spiro atoms. The summed E-state index contributed by atoms with van der Waals surface area (Å²) in [6.07, 6.45) is 5.57. The molecular weight excluding hydrogens is 232 g/mol. The van der Waals surface area contributed by atoms with Crippen molar-refractivity contribution in [1.82, 2.24) is 9.78 Å². The Balaban J connectivity index is 1.55. The minimum absolute atomic E-state index is 0.0924. The molecule has 1 heterocycles. The summed E-state index contributed by atoms with van der Waals surface area (Å²) in [4.78, 5) is 10.6. The summed E-state index contributed by atoms with van der Waals surface area (Å²) in [7, 11) is 1.72. The lowest BCUT2D eigenvalue weighted by atomic mass is 10.0. The number of hydrogen-bond donors (Lipinski definition) is 1. The highest BCUT2D eigenvalue weighted by atomic mass is 16.6. The molecule has 2 bridgehead atoms. The normalized spacial score (nSPS) is 39.7. The predicted molar refractivity (Wildman–Crippen MR) is 65.1 cm³/mol. The molecular formula is C12H16N4O2. The van der Waals surface area contributed by atoms with Crippen LogP contribution in [0.1, 0.15) is 19.3 Å². The lowest BCUT2D eigenvalue weighted by molar-refractivity contribution is -0.384. The molecule has 1 N–H and O–H groups in total. The standard InChI is InChI=1S/C12H16N4O2/c1-15-5-8(16(17)18)12(14-15)13-11-9-6-2-3-7(4-6)10(9)11/h5-7,9-11H,2-4H2,1H3,(H,13,14). The van der Waals surface area contributed by atoms with Crippen LogP contribution in [0.2, 0.25) is 0 Å². The van der Waals surface area contributed by atoms with Gasteiger partial charge in [-0.1, -0.05) is 0 Å². The van der Waals surface area contributed by atoms with Crippen molar-refractivity contribution in [2.24, 2.45) is 30.7 Å². The summed E-state index contributed by atoms with van der Waals surface area (Å²) >= 11 is 0. The molecule has 3 saturated carbocycles. The maximum absolute atomic E-state index is 10.9. The van der Waals surface area contributed by atoms with Gasteiger partial charge in [0, 0.05) is 13.1 Å². The second-order valence-corrected chi connectivity index (χ2v) is 5.95. The molecule has 4 rings (SSSR count). The van der Waals surface area contributed by atoms with Crippen LogP contribution >= 0.6 is 0 Å². The molecule has 1 aromatic rings. The minimum Gasteiger partial charge on any atom is -0.360 e. The molecule has 18 heavy (non-hydrogen) atoms. The maximum Gasteiger partial charge on any atom is 0.330 e. The van der Waals surface area contributed by atoms with Crippen molar-refractivity contribution in [3.63, 3.8) is 0 Å². The minimum atomic E-state index is -0.359. The molecule has 6 nitrogen and oxygen atoms in total. The highest BCUT2D eigenvalue weighted by molar-refractivity contribution is 5.56. The molecule has 0 amide bonds. The topological polar surface area (TPSA) is 73.0 Å². The molecule has 0 radical (unpaired) electrons. The smallest absolute Gasteiger partial charge is 0.330 e. The van der Waals surface area contributed by atoms with Crippen LogP contribution in [0.3, 0.4) is 0 Å². The Labute approximate surface area is 105 Å². The SMILES string of the molecule is Cn1cc([N+](=O)[O-])c(NC2C3C4CCC(C4)C23)n1. The van der Waals surface area contributed by atoms with Gasteiger partial charge in [0.2, 0.25) is 5.82 Å². The van der Waals surface area contributed by atoms with Gasteiger partial charge in [-0.3, -0.25) is 14.8 Å². The zero-order chi connectivity index (χ0) is 12.4. The van der Waals surface area contributed by atoms with E-state index in [1.54, 1.807) is 7.05 Å². The Morgan fingerprint density at radius 2 is 2.11 bits per heavy atom. The van der Waals surface area contributed by atoms with Gasteiger partial charge in [-0.15, -0.1) is 5.10 Å². The number of fused-ring (bicyclic) bond motifs is 5. The van der Waals surface area contributed by atoms with Gasteiger partial charge in [0.05, 0.1) is 4.92 Å². The highest BCUT2D eigenvalue weighted by Gasteiger charge is 2.65. The lowest BCUT2D eigenvalue weighted by Gasteiger charge is -2.09. The fourth-order valence-corrected chi connectivity index (χ4v) is 4.39. The lowest BCUT2D eigenvalue weighted by Crippen LogP contribution is -2.14. The van der Waals surface area contributed by atoms with Crippen molar-refractivity contribution in [2.45, 2.75) is 25.3 Å². The van der Waals surface area contributed by atoms with Gasteiger partial charge in [0.1, 0.15) is 6.20 Å². The molecule has 6 heteroatoms. The van der Waals surface area contributed by atoms with Crippen LogP contribution in [0.4, 0.5) is 11.5 Å². The molecule has 0 aromatic carbocycles. The Hall–Kier alpha value is -1.59. The number of aromatic nitrogens is 2. The van der Waals surface area contributed by atoms with Crippen LogP contribution in [-0.2, 0) is 7.05 Å². The molecule has 3 aliphatic rings. The van der Waals surface area contributed by atoms with Crippen LogP contribution in [-0.4, -0.2) is 20.7 Å². The van der Waals surface area contributed by atoms with Crippen molar-refractivity contribution < 1.29 is 4.92 Å². The molecule has 0 aliphatic heterocycles. The first kappa shape index (κ1) is 10.3. The van der Waals surface area contributed by atoms with Crippen molar-refractivity contribution in [3.8, 4) is 0 Å². The van der Waals surface area contributed by atoms with E-state index in [0.717, 1.165) is 23.7 Å². The number of anilines is 1. The van der Waals surface area contributed by atoms with E-state index in [0.29, 0.717) is 11.9 Å². The number of rotatable bonds is 3. The zero-order valence-electron chi connectivity index (χ0n) is 10.2. The first-order valence-corrected chi connectivity index (χ1v) is 6.59. The molecule has 4 unspecified atom stereocenters.